The molecule has 0 spiro atoms. The number of nitrogens with one attached hydrogen (secondary N) is 2. The molecule has 0 saturated carbocycles. The lowest BCUT2D eigenvalue weighted by molar-refractivity contribution is 0.0936. The highest BCUT2D eigenvalue weighted by Gasteiger charge is 2.35. The zero-order valence-electron chi connectivity index (χ0n) is 17.7. The molecule has 1 fully saturated rings. The summed E-state index contributed by atoms with van der Waals surface area (Å²) in [7, 11) is 1.48. The summed E-state index contributed by atoms with van der Waals surface area (Å²) < 4.78 is 5.50. The molecule has 32 heavy (non-hydrogen) atoms. The van der Waals surface area contributed by atoms with Crippen molar-refractivity contribution in [2.24, 2.45) is 0 Å². The first-order valence-electron chi connectivity index (χ1n) is 10.4. The lowest BCUT2D eigenvalue weighted by atomic mass is 9.73. The molecule has 1 heterocycles. The number of nitriles is 1. The summed E-state index contributed by atoms with van der Waals surface area (Å²) in [5.41, 5.74) is 1.49. The molecule has 164 valence electrons. The first-order chi connectivity index (χ1) is 15.5. The Balaban J connectivity index is 1.71. The van der Waals surface area contributed by atoms with Gasteiger partial charge in [0.1, 0.15) is 11.8 Å². The van der Waals surface area contributed by atoms with Gasteiger partial charge < -0.3 is 15.4 Å². The second kappa shape index (κ2) is 9.38. The Morgan fingerprint density at radius 1 is 1.16 bits per heavy atom. The van der Waals surface area contributed by atoms with Gasteiger partial charge in [-0.1, -0.05) is 53.5 Å². The fourth-order valence-corrected chi connectivity index (χ4v) is 4.78. The van der Waals surface area contributed by atoms with Crippen LogP contribution in [0.4, 0.5) is 0 Å². The van der Waals surface area contributed by atoms with Crippen molar-refractivity contribution < 1.29 is 9.53 Å². The zero-order valence-corrected chi connectivity index (χ0v) is 19.2. The van der Waals surface area contributed by atoms with Crippen molar-refractivity contribution in [2.75, 3.05) is 26.7 Å². The van der Waals surface area contributed by atoms with E-state index >= 15 is 0 Å². The number of rotatable bonds is 5. The zero-order chi connectivity index (χ0) is 22.7. The van der Waals surface area contributed by atoms with Crippen LogP contribution in [0.1, 0.15) is 34.3 Å². The van der Waals surface area contributed by atoms with Gasteiger partial charge >= 0.3 is 0 Å². The quantitative estimate of drug-likeness (QED) is 0.548. The predicted molar refractivity (Wildman–Crippen MR) is 128 cm³/mol. The number of carbonyl (C=O) groups is 1. The van der Waals surface area contributed by atoms with Gasteiger partial charge in [-0.3, -0.25) is 4.79 Å². The smallest absolute Gasteiger partial charge is 0.255 e. The highest BCUT2D eigenvalue weighted by Crippen LogP contribution is 2.37. The largest absolute Gasteiger partial charge is 0.495 e. The van der Waals surface area contributed by atoms with Gasteiger partial charge in [0.25, 0.3) is 5.91 Å². The monoisotopic (exact) mass is 467 g/mol. The van der Waals surface area contributed by atoms with Crippen LogP contribution in [-0.4, -0.2) is 32.7 Å². The summed E-state index contributed by atoms with van der Waals surface area (Å²) in [6.07, 6.45) is 1.70. The van der Waals surface area contributed by atoms with Crippen LogP contribution < -0.4 is 15.4 Å². The lowest BCUT2D eigenvalue weighted by Crippen LogP contribution is -2.47. The third kappa shape index (κ3) is 4.14. The molecule has 0 atom stereocenters. The summed E-state index contributed by atoms with van der Waals surface area (Å²) in [5.74, 6) is 0.0192. The van der Waals surface area contributed by atoms with Crippen molar-refractivity contribution in [1.29, 1.82) is 5.26 Å². The van der Waals surface area contributed by atoms with Crippen LogP contribution in [0.15, 0.2) is 48.5 Å². The van der Waals surface area contributed by atoms with E-state index in [1.54, 1.807) is 12.1 Å². The van der Waals surface area contributed by atoms with Crippen LogP contribution in [0.25, 0.3) is 10.8 Å². The van der Waals surface area contributed by atoms with Crippen molar-refractivity contribution in [3.8, 4) is 11.8 Å². The number of methoxy groups -OCH3 is 1. The molecule has 2 N–H and O–H groups in total. The van der Waals surface area contributed by atoms with Gasteiger partial charge in [0.05, 0.1) is 28.3 Å². The molecule has 0 bridgehead atoms. The molecule has 0 radical (unpaired) electrons. The Morgan fingerprint density at radius 2 is 1.91 bits per heavy atom. The number of piperidine rings is 1. The van der Waals surface area contributed by atoms with Crippen LogP contribution >= 0.6 is 23.2 Å². The van der Waals surface area contributed by atoms with Gasteiger partial charge in [-0.05, 0) is 60.5 Å². The molecule has 1 amide bonds. The Labute approximate surface area is 197 Å². The van der Waals surface area contributed by atoms with Crippen molar-refractivity contribution in [2.45, 2.75) is 18.3 Å². The van der Waals surface area contributed by atoms with Crippen molar-refractivity contribution in [3.05, 3.63) is 75.3 Å². The van der Waals surface area contributed by atoms with E-state index in [0.717, 1.165) is 42.3 Å². The maximum atomic E-state index is 13.5. The van der Waals surface area contributed by atoms with Crippen LogP contribution in [0.2, 0.25) is 10.0 Å². The van der Waals surface area contributed by atoms with Crippen LogP contribution in [-0.2, 0) is 5.41 Å². The fraction of sp³-hybridized carbons (Fsp3) is 0.280. The molecule has 0 unspecified atom stereocenters. The minimum atomic E-state index is -0.273. The Hall–Kier alpha value is -2.78. The molecule has 5 nitrogen and oxygen atoms in total. The van der Waals surface area contributed by atoms with Gasteiger partial charge in [0.2, 0.25) is 0 Å². The Bertz CT molecular complexity index is 1210. The number of hydrogen-bond donors (Lipinski definition) is 2. The van der Waals surface area contributed by atoms with E-state index in [1.165, 1.54) is 7.11 Å². The number of nitrogens with zero attached hydrogens (tertiary/aromatic N) is 1. The van der Waals surface area contributed by atoms with Crippen LogP contribution in [0, 0.1) is 11.3 Å². The van der Waals surface area contributed by atoms with Crippen molar-refractivity contribution in [1.82, 2.24) is 10.6 Å². The van der Waals surface area contributed by atoms with E-state index in [-0.39, 0.29) is 17.1 Å². The Morgan fingerprint density at radius 3 is 2.59 bits per heavy atom. The number of hydrogen-bond acceptors (Lipinski definition) is 4. The fourth-order valence-electron chi connectivity index (χ4n) is 4.49. The second-order valence-corrected chi connectivity index (χ2v) is 8.82. The highest BCUT2D eigenvalue weighted by molar-refractivity contribution is 6.42. The molecule has 1 saturated heterocycles. The van der Waals surface area contributed by atoms with E-state index < -0.39 is 0 Å². The van der Waals surface area contributed by atoms with Gasteiger partial charge in [0.15, 0.2) is 0 Å². The minimum absolute atomic E-state index is 0.270. The van der Waals surface area contributed by atoms with Gasteiger partial charge in [-0.25, -0.2) is 0 Å². The third-order valence-corrected chi connectivity index (χ3v) is 6.97. The second-order valence-electron chi connectivity index (χ2n) is 8.01. The summed E-state index contributed by atoms with van der Waals surface area (Å²) in [5, 5.41) is 18.7. The number of benzene rings is 3. The number of carbonyl (C=O) groups excluding carboxylic acids is 1. The molecule has 3 aromatic carbocycles. The van der Waals surface area contributed by atoms with Crippen molar-refractivity contribution >= 4 is 39.9 Å². The van der Waals surface area contributed by atoms with E-state index in [9.17, 15) is 10.1 Å². The molecule has 7 heteroatoms. The van der Waals surface area contributed by atoms with E-state index in [4.69, 9.17) is 27.9 Å². The first-order valence-corrected chi connectivity index (χ1v) is 11.2. The topological polar surface area (TPSA) is 74.1 Å². The Kier molecular flexibility index (Phi) is 6.57. The first kappa shape index (κ1) is 22.4. The standard InChI is InChI=1S/C25H23Cl2N3O2/c1-32-23-17(14-28)12-16-4-2-3-5-19(16)22(23)24(31)30-15-25(8-10-29-11-9-25)18-6-7-20(26)21(27)13-18/h2-7,12-13,29H,8-11,15H2,1H3,(H,30,31). The lowest BCUT2D eigenvalue weighted by Gasteiger charge is -2.38. The number of ether oxygens (including phenoxy) is 1. The highest BCUT2D eigenvalue weighted by atomic mass is 35.5. The van der Waals surface area contributed by atoms with Gasteiger partial charge in [-0.15, -0.1) is 0 Å². The minimum Gasteiger partial charge on any atom is -0.495 e. The molecule has 1 aliphatic heterocycles. The summed E-state index contributed by atoms with van der Waals surface area (Å²) in [4.78, 5) is 13.5. The third-order valence-electron chi connectivity index (χ3n) is 6.23. The number of halogens is 2. The molecule has 0 aliphatic carbocycles. The van der Waals surface area contributed by atoms with Gasteiger partial charge in [0, 0.05) is 12.0 Å². The van der Waals surface area contributed by atoms with E-state index in [0.29, 0.717) is 27.7 Å². The summed E-state index contributed by atoms with van der Waals surface area (Å²) >= 11 is 12.4. The van der Waals surface area contributed by atoms with Gasteiger partial charge in [-0.2, -0.15) is 5.26 Å². The average molecular weight is 468 g/mol. The van der Waals surface area contributed by atoms with E-state index in [1.807, 2.05) is 36.4 Å². The van der Waals surface area contributed by atoms with E-state index in [2.05, 4.69) is 16.7 Å². The maximum Gasteiger partial charge on any atom is 0.255 e. The number of fused-ring (bicyclic) bond motifs is 1. The molecular formula is C25H23Cl2N3O2. The molecule has 3 aromatic rings. The normalized spacial score (nSPS) is 15.2. The molecule has 0 aromatic heterocycles. The molecule has 1 aliphatic rings. The maximum absolute atomic E-state index is 13.5. The van der Waals surface area contributed by atoms with Crippen LogP contribution in [0.5, 0.6) is 5.75 Å². The number of amides is 1. The average Bonchev–Trinajstić information content (AvgIpc) is 2.83. The predicted octanol–water partition coefficient (Wildman–Crippen LogP) is 5.08. The summed E-state index contributed by atoms with van der Waals surface area (Å²) in [6.45, 7) is 2.11. The van der Waals surface area contributed by atoms with Crippen LogP contribution in [0.3, 0.4) is 0 Å². The molecule has 4 rings (SSSR count). The summed E-state index contributed by atoms with van der Waals surface area (Å²) in [6, 6.07) is 17.1. The van der Waals surface area contributed by atoms with Crippen molar-refractivity contribution in [3.63, 3.8) is 0 Å². The molecular weight excluding hydrogens is 445 g/mol. The SMILES string of the molecule is COc1c(C#N)cc2ccccc2c1C(=O)NCC1(c2ccc(Cl)c(Cl)c2)CCNCC1.